The van der Waals surface area contributed by atoms with Crippen molar-refractivity contribution in [2.75, 3.05) is 5.88 Å². The van der Waals surface area contributed by atoms with Crippen LogP contribution in [0.15, 0.2) is 18.2 Å². The fourth-order valence-electron chi connectivity index (χ4n) is 2.98. The lowest BCUT2D eigenvalue weighted by atomic mass is 9.73. The van der Waals surface area contributed by atoms with Crippen LogP contribution in [-0.4, -0.2) is 17.6 Å². The monoisotopic (exact) mass is 293 g/mol. The third kappa shape index (κ3) is 2.73. The predicted octanol–water partition coefficient (Wildman–Crippen LogP) is 3.00. The average molecular weight is 294 g/mol. The number of nitrogens with one attached hydrogen (secondary N) is 1. The van der Waals surface area contributed by atoms with E-state index in [0.29, 0.717) is 12.8 Å². The van der Waals surface area contributed by atoms with Crippen LogP contribution in [0, 0.1) is 13.8 Å². The molecule has 1 amide bonds. The molecule has 0 aliphatic heterocycles. The molecule has 0 saturated heterocycles. The molecule has 0 radical (unpaired) electrons. The van der Waals surface area contributed by atoms with E-state index in [4.69, 9.17) is 11.6 Å². The molecule has 1 saturated carbocycles. The highest BCUT2D eigenvalue weighted by Crippen LogP contribution is 2.36. The van der Waals surface area contributed by atoms with E-state index >= 15 is 0 Å². The summed E-state index contributed by atoms with van der Waals surface area (Å²) in [6, 6.07) is 6.03. The van der Waals surface area contributed by atoms with Gasteiger partial charge in [-0.3, -0.25) is 9.59 Å². The molecule has 1 unspecified atom stereocenters. The fraction of sp³-hybridized carbons (Fsp3) is 0.500. The highest BCUT2D eigenvalue weighted by molar-refractivity contribution is 6.27. The molecule has 4 heteroatoms. The van der Waals surface area contributed by atoms with Crippen molar-refractivity contribution >= 4 is 23.3 Å². The minimum absolute atomic E-state index is 0.0934. The lowest BCUT2D eigenvalue weighted by molar-refractivity contribution is -0.133. The van der Waals surface area contributed by atoms with Crippen LogP contribution in [0.2, 0.25) is 0 Å². The van der Waals surface area contributed by atoms with Crippen LogP contribution in [0.25, 0.3) is 0 Å². The smallest absolute Gasteiger partial charge is 0.235 e. The quantitative estimate of drug-likeness (QED) is 0.871. The summed E-state index contributed by atoms with van der Waals surface area (Å²) in [6.07, 6.45) is 2.98. The van der Waals surface area contributed by atoms with E-state index in [1.54, 1.807) is 0 Å². The molecule has 1 aromatic rings. The topological polar surface area (TPSA) is 46.2 Å². The summed E-state index contributed by atoms with van der Waals surface area (Å²) in [5, 5.41) is 2.90. The van der Waals surface area contributed by atoms with Gasteiger partial charge in [-0.25, -0.2) is 0 Å². The number of carbonyl (C=O) groups is 2. The highest BCUT2D eigenvalue weighted by Gasteiger charge is 2.43. The van der Waals surface area contributed by atoms with Gasteiger partial charge in [0.05, 0.1) is 0 Å². The van der Waals surface area contributed by atoms with E-state index in [1.807, 2.05) is 32.0 Å². The van der Waals surface area contributed by atoms with Crippen molar-refractivity contribution in [2.24, 2.45) is 0 Å². The van der Waals surface area contributed by atoms with Crippen LogP contribution in [0.1, 0.15) is 42.4 Å². The van der Waals surface area contributed by atoms with Crippen LogP contribution >= 0.6 is 11.6 Å². The third-order valence-corrected chi connectivity index (χ3v) is 4.25. The Labute approximate surface area is 124 Å². The highest BCUT2D eigenvalue weighted by atomic mass is 35.5. The van der Waals surface area contributed by atoms with Gasteiger partial charge in [-0.1, -0.05) is 23.8 Å². The van der Waals surface area contributed by atoms with Crippen LogP contribution < -0.4 is 5.32 Å². The molecule has 0 heterocycles. The first kappa shape index (κ1) is 15.0. The first-order valence-electron chi connectivity index (χ1n) is 6.97. The number of alkyl halides is 1. The Hall–Kier alpha value is -1.35. The van der Waals surface area contributed by atoms with E-state index in [-0.39, 0.29) is 17.6 Å². The van der Waals surface area contributed by atoms with Gasteiger partial charge in [-0.2, -0.15) is 0 Å². The predicted molar refractivity (Wildman–Crippen MR) is 79.9 cm³/mol. The molecule has 0 spiro atoms. The molecule has 20 heavy (non-hydrogen) atoms. The summed E-state index contributed by atoms with van der Waals surface area (Å²) in [5.41, 5.74) is 2.14. The molecule has 0 aromatic heterocycles. The Balaban J connectivity index is 2.53. The fourth-order valence-corrected chi connectivity index (χ4v) is 3.05. The van der Waals surface area contributed by atoms with E-state index in [2.05, 4.69) is 5.32 Å². The normalized spacial score (nSPS) is 22.6. The number of halogens is 1. The number of aryl methyl sites for hydroxylation is 2. The molecule has 1 atom stereocenters. The summed E-state index contributed by atoms with van der Waals surface area (Å²) >= 11 is 5.62. The molecule has 1 aromatic carbocycles. The second-order valence-corrected chi connectivity index (χ2v) is 5.80. The van der Waals surface area contributed by atoms with Crippen molar-refractivity contribution in [2.45, 2.75) is 45.1 Å². The van der Waals surface area contributed by atoms with Crippen LogP contribution in [0.5, 0.6) is 0 Å². The first-order chi connectivity index (χ1) is 9.49. The van der Waals surface area contributed by atoms with E-state index in [1.165, 1.54) is 0 Å². The number of hydrogen-bond acceptors (Lipinski definition) is 2. The summed E-state index contributed by atoms with van der Waals surface area (Å²) in [6.45, 7) is 3.97. The molecular formula is C16H20ClNO2. The van der Waals surface area contributed by atoms with Crippen molar-refractivity contribution in [1.29, 1.82) is 0 Å². The minimum Gasteiger partial charge on any atom is -0.339 e. The number of Topliss-reactive ketones (excluding diaryl/α,β-unsaturated/α-hetero) is 1. The Kier molecular flexibility index (Phi) is 4.48. The lowest BCUT2D eigenvalue weighted by Crippen LogP contribution is -2.54. The van der Waals surface area contributed by atoms with E-state index in [0.717, 1.165) is 29.5 Å². The maximum absolute atomic E-state index is 12.6. The molecule has 1 aliphatic rings. The summed E-state index contributed by atoms with van der Waals surface area (Å²) in [7, 11) is 0. The van der Waals surface area contributed by atoms with Crippen molar-refractivity contribution in [1.82, 2.24) is 5.32 Å². The summed E-state index contributed by atoms with van der Waals surface area (Å²) in [4.78, 5) is 24.4. The zero-order chi connectivity index (χ0) is 14.8. The van der Waals surface area contributed by atoms with Crippen LogP contribution in [0.3, 0.4) is 0 Å². The molecule has 1 aliphatic carbocycles. The van der Waals surface area contributed by atoms with Gasteiger partial charge < -0.3 is 5.32 Å². The van der Waals surface area contributed by atoms with E-state index < -0.39 is 5.54 Å². The Morgan fingerprint density at radius 2 is 2.10 bits per heavy atom. The van der Waals surface area contributed by atoms with Gasteiger partial charge >= 0.3 is 0 Å². The van der Waals surface area contributed by atoms with Gasteiger partial charge in [0, 0.05) is 6.42 Å². The zero-order valence-electron chi connectivity index (χ0n) is 12.0. The Morgan fingerprint density at radius 3 is 2.75 bits per heavy atom. The molecule has 108 valence electrons. The molecule has 1 fully saturated rings. The SMILES string of the molecule is Cc1ccc(C)c(C2(NC(=O)CCl)CCCCC2=O)c1. The van der Waals surface area contributed by atoms with Crippen molar-refractivity contribution in [3.63, 3.8) is 0 Å². The largest absolute Gasteiger partial charge is 0.339 e. The molecular weight excluding hydrogens is 274 g/mol. The first-order valence-corrected chi connectivity index (χ1v) is 7.51. The lowest BCUT2D eigenvalue weighted by Gasteiger charge is -2.38. The van der Waals surface area contributed by atoms with Crippen LogP contribution in [0.4, 0.5) is 0 Å². The van der Waals surface area contributed by atoms with Gasteiger partial charge in [0.25, 0.3) is 0 Å². The van der Waals surface area contributed by atoms with Crippen molar-refractivity contribution in [3.8, 4) is 0 Å². The number of rotatable bonds is 3. The van der Waals surface area contributed by atoms with Gasteiger partial charge in [-0.05, 0) is 44.2 Å². The number of amides is 1. The van der Waals surface area contributed by atoms with Crippen LogP contribution in [-0.2, 0) is 15.1 Å². The summed E-state index contributed by atoms with van der Waals surface area (Å²) < 4.78 is 0. The van der Waals surface area contributed by atoms with Gasteiger partial charge in [0.15, 0.2) is 5.78 Å². The Morgan fingerprint density at radius 1 is 1.35 bits per heavy atom. The second kappa shape index (κ2) is 5.96. The number of benzene rings is 1. The second-order valence-electron chi connectivity index (χ2n) is 5.54. The van der Waals surface area contributed by atoms with Gasteiger partial charge in [0.2, 0.25) is 5.91 Å². The minimum atomic E-state index is -0.889. The molecule has 2 rings (SSSR count). The van der Waals surface area contributed by atoms with Crippen molar-refractivity contribution < 1.29 is 9.59 Å². The average Bonchev–Trinajstić information content (AvgIpc) is 2.44. The zero-order valence-corrected chi connectivity index (χ0v) is 12.7. The number of hydrogen-bond donors (Lipinski definition) is 1. The van der Waals surface area contributed by atoms with E-state index in [9.17, 15) is 9.59 Å². The third-order valence-electron chi connectivity index (χ3n) is 4.01. The number of carbonyl (C=O) groups excluding carboxylic acids is 2. The van der Waals surface area contributed by atoms with Gasteiger partial charge in [-0.15, -0.1) is 11.6 Å². The van der Waals surface area contributed by atoms with Gasteiger partial charge in [0.1, 0.15) is 11.4 Å². The Bertz CT molecular complexity index is 541. The maximum atomic E-state index is 12.6. The van der Waals surface area contributed by atoms with Crippen molar-refractivity contribution in [3.05, 3.63) is 34.9 Å². The molecule has 0 bridgehead atoms. The molecule has 3 nitrogen and oxygen atoms in total. The standard InChI is InChI=1S/C16H20ClNO2/c1-11-6-7-12(2)13(9-11)16(18-15(20)10-17)8-4-3-5-14(16)19/h6-7,9H,3-5,8,10H2,1-2H3,(H,18,20). The number of ketones is 1. The maximum Gasteiger partial charge on any atom is 0.235 e. The molecule has 1 N–H and O–H groups in total. The summed E-state index contributed by atoms with van der Waals surface area (Å²) in [5.74, 6) is -0.321.